The standard InChI is InChI=1S/C14H26N2O2/c1-4-5-11(2)15-14(18)12(3)16-8-6-13(10-17)7-9-16/h10-13H,4-9H2,1-3H3,(H,15,18). The zero-order chi connectivity index (χ0) is 13.5. The number of likely N-dealkylation sites (tertiary alicyclic amines) is 1. The minimum absolute atomic E-state index is 0.0862. The number of nitrogens with zero attached hydrogens (tertiary/aromatic N) is 1. The lowest BCUT2D eigenvalue weighted by atomic mass is 9.97. The minimum atomic E-state index is -0.0862. The molecule has 0 spiro atoms. The number of carbonyl (C=O) groups is 2. The molecule has 4 heteroatoms. The van der Waals surface area contributed by atoms with Gasteiger partial charge in [-0.05, 0) is 46.2 Å². The van der Waals surface area contributed by atoms with Crippen molar-refractivity contribution >= 4 is 12.2 Å². The van der Waals surface area contributed by atoms with E-state index in [0.717, 1.165) is 45.1 Å². The first-order valence-electron chi connectivity index (χ1n) is 7.08. The molecule has 18 heavy (non-hydrogen) atoms. The van der Waals surface area contributed by atoms with Crippen LogP contribution in [0.3, 0.4) is 0 Å². The summed E-state index contributed by atoms with van der Waals surface area (Å²) in [7, 11) is 0. The van der Waals surface area contributed by atoms with Gasteiger partial charge in [-0.2, -0.15) is 0 Å². The maximum atomic E-state index is 12.1. The normalized spacial score (nSPS) is 21.3. The van der Waals surface area contributed by atoms with Gasteiger partial charge in [0.15, 0.2) is 0 Å². The molecule has 0 bridgehead atoms. The molecule has 0 aliphatic carbocycles. The number of amides is 1. The first kappa shape index (κ1) is 15.2. The summed E-state index contributed by atoms with van der Waals surface area (Å²) in [4.78, 5) is 24.9. The number of aldehydes is 1. The summed E-state index contributed by atoms with van der Waals surface area (Å²) >= 11 is 0. The van der Waals surface area contributed by atoms with Crippen molar-refractivity contribution in [3.8, 4) is 0 Å². The summed E-state index contributed by atoms with van der Waals surface area (Å²) in [6, 6.07) is 0.161. The molecule has 1 saturated heterocycles. The average Bonchev–Trinajstić information content (AvgIpc) is 2.38. The largest absolute Gasteiger partial charge is 0.352 e. The Bertz CT molecular complexity index is 273. The van der Waals surface area contributed by atoms with E-state index in [1.165, 1.54) is 0 Å². The first-order valence-corrected chi connectivity index (χ1v) is 7.08. The predicted molar refractivity (Wildman–Crippen MR) is 72.3 cm³/mol. The van der Waals surface area contributed by atoms with E-state index in [1.807, 2.05) is 13.8 Å². The molecule has 1 N–H and O–H groups in total. The number of hydrogen-bond acceptors (Lipinski definition) is 3. The molecular weight excluding hydrogens is 228 g/mol. The molecule has 1 amide bonds. The molecule has 1 aliphatic rings. The topological polar surface area (TPSA) is 49.4 Å². The molecule has 1 heterocycles. The van der Waals surface area contributed by atoms with Crippen LogP contribution in [0.4, 0.5) is 0 Å². The maximum Gasteiger partial charge on any atom is 0.237 e. The summed E-state index contributed by atoms with van der Waals surface area (Å²) < 4.78 is 0. The fourth-order valence-corrected chi connectivity index (χ4v) is 2.48. The van der Waals surface area contributed by atoms with E-state index in [-0.39, 0.29) is 23.9 Å². The van der Waals surface area contributed by atoms with Crippen LogP contribution in [0.5, 0.6) is 0 Å². The Kier molecular flexibility index (Phi) is 6.33. The van der Waals surface area contributed by atoms with Crippen molar-refractivity contribution < 1.29 is 9.59 Å². The molecule has 0 radical (unpaired) electrons. The van der Waals surface area contributed by atoms with E-state index in [2.05, 4.69) is 17.1 Å². The van der Waals surface area contributed by atoms with Gasteiger partial charge in [0.25, 0.3) is 0 Å². The minimum Gasteiger partial charge on any atom is -0.352 e. The van der Waals surface area contributed by atoms with E-state index in [1.54, 1.807) is 0 Å². The number of nitrogens with one attached hydrogen (secondary N) is 1. The smallest absolute Gasteiger partial charge is 0.237 e. The van der Waals surface area contributed by atoms with Crippen LogP contribution in [0.25, 0.3) is 0 Å². The molecule has 1 aliphatic heterocycles. The average molecular weight is 254 g/mol. The van der Waals surface area contributed by atoms with Crippen LogP contribution < -0.4 is 5.32 Å². The maximum absolute atomic E-state index is 12.1. The molecule has 0 aromatic carbocycles. The van der Waals surface area contributed by atoms with Gasteiger partial charge in [-0.15, -0.1) is 0 Å². The number of piperidine rings is 1. The van der Waals surface area contributed by atoms with Crippen LogP contribution >= 0.6 is 0 Å². The summed E-state index contributed by atoms with van der Waals surface area (Å²) in [6.45, 7) is 7.82. The van der Waals surface area contributed by atoms with Crippen LogP contribution in [0, 0.1) is 5.92 Å². The third kappa shape index (κ3) is 4.41. The molecule has 0 aromatic heterocycles. The molecule has 0 saturated carbocycles. The van der Waals surface area contributed by atoms with Gasteiger partial charge in [-0.25, -0.2) is 0 Å². The Labute approximate surface area is 110 Å². The molecule has 0 aromatic rings. The second-order valence-corrected chi connectivity index (χ2v) is 5.38. The molecular formula is C14H26N2O2. The summed E-state index contributed by atoms with van der Waals surface area (Å²) in [5, 5.41) is 3.05. The van der Waals surface area contributed by atoms with Crippen molar-refractivity contribution in [3.05, 3.63) is 0 Å². The van der Waals surface area contributed by atoms with E-state index >= 15 is 0 Å². The molecule has 104 valence electrons. The molecule has 2 atom stereocenters. The highest BCUT2D eigenvalue weighted by Crippen LogP contribution is 2.17. The lowest BCUT2D eigenvalue weighted by Crippen LogP contribution is -2.50. The fourth-order valence-electron chi connectivity index (χ4n) is 2.48. The lowest BCUT2D eigenvalue weighted by molar-refractivity contribution is -0.127. The SMILES string of the molecule is CCCC(C)NC(=O)C(C)N1CCC(C=O)CC1. The van der Waals surface area contributed by atoms with Crippen molar-refractivity contribution in [2.75, 3.05) is 13.1 Å². The highest BCUT2D eigenvalue weighted by Gasteiger charge is 2.26. The zero-order valence-electron chi connectivity index (χ0n) is 11.8. The van der Waals surface area contributed by atoms with Crippen molar-refractivity contribution in [3.63, 3.8) is 0 Å². The molecule has 1 fully saturated rings. The summed E-state index contributed by atoms with van der Waals surface area (Å²) in [5.74, 6) is 0.302. The first-order chi connectivity index (χ1) is 8.58. The number of carbonyl (C=O) groups excluding carboxylic acids is 2. The van der Waals surface area contributed by atoms with E-state index in [9.17, 15) is 9.59 Å². The quantitative estimate of drug-likeness (QED) is 0.732. The van der Waals surface area contributed by atoms with Crippen LogP contribution in [-0.4, -0.2) is 42.3 Å². The third-order valence-electron chi connectivity index (χ3n) is 3.80. The van der Waals surface area contributed by atoms with Crippen LogP contribution in [0.2, 0.25) is 0 Å². The van der Waals surface area contributed by atoms with Crippen molar-refractivity contribution in [2.45, 2.75) is 58.5 Å². The van der Waals surface area contributed by atoms with Crippen molar-refractivity contribution in [2.24, 2.45) is 5.92 Å². The Morgan fingerprint density at radius 2 is 2.00 bits per heavy atom. The van der Waals surface area contributed by atoms with Crippen molar-refractivity contribution in [1.29, 1.82) is 0 Å². The number of hydrogen-bond donors (Lipinski definition) is 1. The highest BCUT2D eigenvalue weighted by atomic mass is 16.2. The van der Waals surface area contributed by atoms with E-state index in [4.69, 9.17) is 0 Å². The van der Waals surface area contributed by atoms with Gasteiger partial charge >= 0.3 is 0 Å². The van der Waals surface area contributed by atoms with Gasteiger partial charge < -0.3 is 10.1 Å². The van der Waals surface area contributed by atoms with E-state index < -0.39 is 0 Å². The Balaban J connectivity index is 2.37. The predicted octanol–water partition coefficient (Wildman–Crippen LogP) is 1.59. The van der Waals surface area contributed by atoms with E-state index in [0.29, 0.717) is 0 Å². The Hall–Kier alpha value is -0.900. The van der Waals surface area contributed by atoms with Gasteiger partial charge in [0.1, 0.15) is 6.29 Å². The number of rotatable bonds is 6. The van der Waals surface area contributed by atoms with Crippen LogP contribution in [0.1, 0.15) is 46.5 Å². The third-order valence-corrected chi connectivity index (χ3v) is 3.80. The second-order valence-electron chi connectivity index (χ2n) is 5.38. The van der Waals surface area contributed by atoms with Gasteiger partial charge in [0.05, 0.1) is 6.04 Å². The zero-order valence-corrected chi connectivity index (χ0v) is 11.8. The monoisotopic (exact) mass is 254 g/mol. The lowest BCUT2D eigenvalue weighted by Gasteiger charge is -2.34. The molecule has 2 unspecified atom stereocenters. The van der Waals surface area contributed by atoms with Crippen LogP contribution in [-0.2, 0) is 9.59 Å². The van der Waals surface area contributed by atoms with Gasteiger partial charge in [0, 0.05) is 12.0 Å². The summed E-state index contributed by atoms with van der Waals surface area (Å²) in [6.07, 6.45) is 4.91. The fraction of sp³-hybridized carbons (Fsp3) is 0.857. The van der Waals surface area contributed by atoms with Gasteiger partial charge in [0.2, 0.25) is 5.91 Å². The molecule has 1 rings (SSSR count). The summed E-state index contributed by atoms with van der Waals surface area (Å²) in [5.41, 5.74) is 0. The molecule has 4 nitrogen and oxygen atoms in total. The van der Waals surface area contributed by atoms with Gasteiger partial charge in [-0.1, -0.05) is 13.3 Å². The Morgan fingerprint density at radius 3 is 2.50 bits per heavy atom. The Morgan fingerprint density at radius 1 is 1.39 bits per heavy atom. The highest BCUT2D eigenvalue weighted by molar-refractivity contribution is 5.81. The van der Waals surface area contributed by atoms with Gasteiger partial charge in [-0.3, -0.25) is 9.69 Å². The van der Waals surface area contributed by atoms with Crippen LogP contribution in [0.15, 0.2) is 0 Å². The van der Waals surface area contributed by atoms with Crippen molar-refractivity contribution in [1.82, 2.24) is 10.2 Å². The second kappa shape index (κ2) is 7.52.